The van der Waals surface area contributed by atoms with Crippen LogP contribution in [0.4, 0.5) is 5.95 Å². The normalized spacial score (nSPS) is 10.7. The lowest BCUT2D eigenvalue weighted by Gasteiger charge is -2.10. The van der Waals surface area contributed by atoms with E-state index in [1.807, 2.05) is 24.3 Å². The summed E-state index contributed by atoms with van der Waals surface area (Å²) in [5.74, 6) is 0.530. The van der Waals surface area contributed by atoms with Gasteiger partial charge in [0.05, 0.1) is 15.7 Å². The van der Waals surface area contributed by atoms with Crippen molar-refractivity contribution in [3.63, 3.8) is 0 Å². The van der Waals surface area contributed by atoms with Gasteiger partial charge in [0.25, 0.3) is 0 Å². The van der Waals surface area contributed by atoms with Crippen molar-refractivity contribution in [1.82, 2.24) is 20.2 Å². The van der Waals surface area contributed by atoms with Crippen LogP contribution >= 0.6 is 23.2 Å². The monoisotopic (exact) mass is 347 g/mol. The molecule has 0 spiro atoms. The van der Waals surface area contributed by atoms with Gasteiger partial charge in [0.15, 0.2) is 0 Å². The molecule has 0 saturated carbocycles. The number of hydrogen-bond donors (Lipinski definition) is 1. The molecule has 3 rings (SSSR count). The SMILES string of the molecule is Cc1ccccc1CCNc1nnnn1-c1cccc(Cl)c1Cl. The summed E-state index contributed by atoms with van der Waals surface area (Å²) in [7, 11) is 0. The van der Waals surface area contributed by atoms with Gasteiger partial charge in [-0.25, -0.2) is 0 Å². The lowest BCUT2D eigenvalue weighted by atomic mass is 10.1. The third kappa shape index (κ3) is 3.46. The molecule has 118 valence electrons. The lowest BCUT2D eigenvalue weighted by molar-refractivity contribution is 0.789. The Labute approximate surface area is 144 Å². The molecule has 1 aromatic heterocycles. The smallest absolute Gasteiger partial charge is 0.247 e. The maximum Gasteiger partial charge on any atom is 0.247 e. The van der Waals surface area contributed by atoms with Gasteiger partial charge in [-0.05, 0) is 47.0 Å². The average Bonchev–Trinajstić information content (AvgIpc) is 3.00. The predicted molar refractivity (Wildman–Crippen MR) is 92.5 cm³/mol. The Bertz CT molecular complexity index is 816. The Kier molecular flexibility index (Phi) is 4.79. The minimum absolute atomic E-state index is 0.420. The highest BCUT2D eigenvalue weighted by Gasteiger charge is 2.12. The van der Waals surface area contributed by atoms with Crippen molar-refractivity contribution in [2.45, 2.75) is 13.3 Å². The van der Waals surface area contributed by atoms with E-state index in [1.165, 1.54) is 11.1 Å². The molecule has 0 atom stereocenters. The molecule has 1 N–H and O–H groups in total. The van der Waals surface area contributed by atoms with Crippen LogP contribution in [0, 0.1) is 6.92 Å². The standard InChI is InChI=1S/C16H15Cl2N5/c1-11-5-2-3-6-12(11)9-10-19-16-20-21-22-23(16)14-8-4-7-13(17)15(14)18/h2-8H,9-10H2,1H3,(H,19,20,22). The first-order valence-electron chi connectivity index (χ1n) is 7.18. The number of hydrogen-bond acceptors (Lipinski definition) is 4. The van der Waals surface area contributed by atoms with Gasteiger partial charge < -0.3 is 5.32 Å². The molecule has 3 aromatic rings. The van der Waals surface area contributed by atoms with Crippen molar-refractivity contribution in [1.29, 1.82) is 0 Å². The molecule has 0 radical (unpaired) electrons. The topological polar surface area (TPSA) is 55.6 Å². The Balaban J connectivity index is 1.74. The first-order chi connectivity index (χ1) is 11.2. The van der Waals surface area contributed by atoms with Gasteiger partial charge in [-0.2, -0.15) is 4.68 Å². The molecule has 0 unspecified atom stereocenters. The van der Waals surface area contributed by atoms with Crippen LogP contribution in [0.3, 0.4) is 0 Å². The van der Waals surface area contributed by atoms with Gasteiger partial charge in [-0.1, -0.05) is 58.6 Å². The number of tetrazole rings is 1. The minimum atomic E-state index is 0.420. The Hall–Kier alpha value is -2.11. The van der Waals surface area contributed by atoms with Crippen molar-refractivity contribution >= 4 is 29.2 Å². The molecule has 5 nitrogen and oxygen atoms in total. The van der Waals surface area contributed by atoms with Crippen LogP contribution in [0.1, 0.15) is 11.1 Å². The first kappa shape index (κ1) is 15.8. The zero-order chi connectivity index (χ0) is 16.2. The summed E-state index contributed by atoms with van der Waals surface area (Å²) in [5, 5.41) is 15.8. The molecule has 1 heterocycles. The summed E-state index contributed by atoms with van der Waals surface area (Å²) in [5.41, 5.74) is 3.20. The van der Waals surface area contributed by atoms with E-state index in [2.05, 4.69) is 39.9 Å². The number of nitrogens with one attached hydrogen (secondary N) is 1. The van der Waals surface area contributed by atoms with Crippen LogP contribution < -0.4 is 5.32 Å². The number of benzene rings is 2. The molecular formula is C16H15Cl2N5. The number of aryl methyl sites for hydroxylation is 1. The zero-order valence-electron chi connectivity index (χ0n) is 12.5. The molecule has 7 heteroatoms. The second kappa shape index (κ2) is 6.98. The molecule has 0 aliphatic heterocycles. The molecule has 0 aliphatic rings. The highest BCUT2D eigenvalue weighted by atomic mass is 35.5. The molecule has 0 amide bonds. The third-order valence-electron chi connectivity index (χ3n) is 3.57. The highest BCUT2D eigenvalue weighted by Crippen LogP contribution is 2.29. The summed E-state index contributed by atoms with van der Waals surface area (Å²) in [6.45, 7) is 2.81. The first-order valence-corrected chi connectivity index (χ1v) is 7.93. The van der Waals surface area contributed by atoms with Gasteiger partial charge in [-0.15, -0.1) is 0 Å². The second-order valence-corrected chi connectivity index (χ2v) is 5.88. The van der Waals surface area contributed by atoms with Crippen LogP contribution in [-0.2, 0) is 6.42 Å². The largest absolute Gasteiger partial charge is 0.352 e. The van der Waals surface area contributed by atoms with E-state index in [0.29, 0.717) is 28.2 Å². The van der Waals surface area contributed by atoms with E-state index in [0.717, 1.165) is 6.42 Å². The maximum absolute atomic E-state index is 6.23. The zero-order valence-corrected chi connectivity index (χ0v) is 14.0. The van der Waals surface area contributed by atoms with Crippen LogP contribution in [0.2, 0.25) is 10.0 Å². The summed E-state index contributed by atoms with van der Waals surface area (Å²) in [4.78, 5) is 0. The number of rotatable bonds is 5. The maximum atomic E-state index is 6.23. The Morgan fingerprint density at radius 3 is 2.74 bits per heavy atom. The van der Waals surface area contributed by atoms with Gasteiger partial charge in [-0.3, -0.25) is 0 Å². The fourth-order valence-corrected chi connectivity index (χ4v) is 2.69. The number of anilines is 1. The predicted octanol–water partition coefficient (Wildman–Crippen LogP) is 3.93. The minimum Gasteiger partial charge on any atom is -0.352 e. The molecule has 0 fully saturated rings. The van der Waals surface area contributed by atoms with E-state index in [9.17, 15) is 0 Å². The quantitative estimate of drug-likeness (QED) is 0.759. The van der Waals surface area contributed by atoms with Crippen LogP contribution in [-0.4, -0.2) is 26.8 Å². The summed E-state index contributed by atoms with van der Waals surface area (Å²) >= 11 is 12.3. The van der Waals surface area contributed by atoms with E-state index in [1.54, 1.807) is 10.7 Å². The van der Waals surface area contributed by atoms with Crippen LogP contribution in [0.15, 0.2) is 42.5 Å². The van der Waals surface area contributed by atoms with Gasteiger partial charge in [0.1, 0.15) is 0 Å². The van der Waals surface area contributed by atoms with Crippen molar-refractivity contribution < 1.29 is 0 Å². The summed E-state index contributed by atoms with van der Waals surface area (Å²) < 4.78 is 1.55. The molecular weight excluding hydrogens is 333 g/mol. The lowest BCUT2D eigenvalue weighted by Crippen LogP contribution is -2.11. The molecule has 2 aromatic carbocycles. The van der Waals surface area contributed by atoms with Crippen LogP contribution in [0.5, 0.6) is 0 Å². The summed E-state index contributed by atoms with van der Waals surface area (Å²) in [6.07, 6.45) is 0.878. The van der Waals surface area contributed by atoms with E-state index in [4.69, 9.17) is 23.2 Å². The highest BCUT2D eigenvalue weighted by molar-refractivity contribution is 6.43. The third-order valence-corrected chi connectivity index (χ3v) is 4.38. The summed E-state index contributed by atoms with van der Waals surface area (Å²) in [6, 6.07) is 13.6. The van der Waals surface area contributed by atoms with Crippen molar-refractivity contribution in [2.24, 2.45) is 0 Å². The van der Waals surface area contributed by atoms with Gasteiger partial charge in [0.2, 0.25) is 5.95 Å². The Morgan fingerprint density at radius 2 is 1.91 bits per heavy atom. The number of halogens is 2. The molecule has 0 aliphatic carbocycles. The Morgan fingerprint density at radius 1 is 1.09 bits per heavy atom. The average molecular weight is 348 g/mol. The van der Waals surface area contributed by atoms with Crippen molar-refractivity contribution in [3.8, 4) is 5.69 Å². The van der Waals surface area contributed by atoms with Gasteiger partial charge >= 0.3 is 0 Å². The van der Waals surface area contributed by atoms with Crippen LogP contribution in [0.25, 0.3) is 5.69 Å². The van der Waals surface area contributed by atoms with Crippen molar-refractivity contribution in [3.05, 3.63) is 63.6 Å². The fraction of sp³-hybridized carbons (Fsp3) is 0.188. The van der Waals surface area contributed by atoms with E-state index >= 15 is 0 Å². The van der Waals surface area contributed by atoms with E-state index < -0.39 is 0 Å². The van der Waals surface area contributed by atoms with Crippen molar-refractivity contribution in [2.75, 3.05) is 11.9 Å². The molecule has 23 heavy (non-hydrogen) atoms. The fourth-order valence-electron chi connectivity index (χ4n) is 2.32. The molecule has 0 bridgehead atoms. The molecule has 0 saturated heterocycles. The number of aromatic nitrogens is 4. The van der Waals surface area contributed by atoms with Gasteiger partial charge in [0, 0.05) is 6.54 Å². The van der Waals surface area contributed by atoms with E-state index in [-0.39, 0.29) is 0 Å². The second-order valence-electron chi connectivity index (χ2n) is 5.09. The number of nitrogens with zero attached hydrogens (tertiary/aromatic N) is 4.